The number of ketones is 1. The van der Waals surface area contributed by atoms with Crippen LogP contribution in [-0.2, 0) is 10.2 Å². The van der Waals surface area contributed by atoms with Crippen molar-refractivity contribution in [1.82, 2.24) is 15.3 Å². The Morgan fingerprint density at radius 1 is 1.14 bits per heavy atom. The summed E-state index contributed by atoms with van der Waals surface area (Å²) in [6.45, 7) is 5.73. The van der Waals surface area contributed by atoms with Gasteiger partial charge in [0.2, 0.25) is 0 Å². The number of allylic oxidation sites excluding steroid dienone is 3. The number of carbonyl (C=O) groups excluding carboxylic acids is 1. The first-order chi connectivity index (χ1) is 16.5. The number of rotatable bonds is 4. The van der Waals surface area contributed by atoms with E-state index in [9.17, 15) is 18.0 Å². The van der Waals surface area contributed by atoms with E-state index < -0.39 is 23.5 Å². The molecule has 182 valence electrons. The van der Waals surface area contributed by atoms with Gasteiger partial charge in [0.05, 0.1) is 5.41 Å². The van der Waals surface area contributed by atoms with Gasteiger partial charge < -0.3 is 10.1 Å². The molecule has 2 aromatic rings. The molecule has 0 spiro atoms. The maximum absolute atomic E-state index is 14.2. The minimum Gasteiger partial charge on any atom is -0.424 e. The Morgan fingerprint density at radius 3 is 2.57 bits per heavy atom. The zero-order valence-electron chi connectivity index (χ0n) is 19.5. The maximum atomic E-state index is 14.2. The largest absolute Gasteiger partial charge is 0.435 e. The summed E-state index contributed by atoms with van der Waals surface area (Å²) in [5.74, 6) is 0.172. The highest BCUT2D eigenvalue weighted by molar-refractivity contribution is 6.01. The number of hydrogen-bond donors (Lipinski definition) is 1. The van der Waals surface area contributed by atoms with Gasteiger partial charge in [-0.2, -0.15) is 18.3 Å². The van der Waals surface area contributed by atoms with Gasteiger partial charge in [0.25, 0.3) is 0 Å². The van der Waals surface area contributed by atoms with Gasteiger partial charge in [-0.15, -0.1) is 5.11 Å². The summed E-state index contributed by atoms with van der Waals surface area (Å²) in [5.41, 5.74) is -1.32. The first kappa shape index (κ1) is 23.2. The lowest BCUT2D eigenvalue weighted by atomic mass is 9.58. The zero-order chi connectivity index (χ0) is 25.0. The van der Waals surface area contributed by atoms with E-state index in [4.69, 9.17) is 4.74 Å². The fourth-order valence-corrected chi connectivity index (χ4v) is 5.48. The van der Waals surface area contributed by atoms with E-state index in [-0.39, 0.29) is 35.6 Å². The Labute approximate surface area is 200 Å². The van der Waals surface area contributed by atoms with Crippen LogP contribution in [0, 0.1) is 5.41 Å². The first-order valence-electron chi connectivity index (χ1n) is 11.4. The lowest BCUT2D eigenvalue weighted by Crippen LogP contribution is -2.52. The molecule has 7 nitrogen and oxygen atoms in total. The van der Waals surface area contributed by atoms with Gasteiger partial charge in [-0.05, 0) is 42.0 Å². The van der Waals surface area contributed by atoms with Crippen molar-refractivity contribution < 1.29 is 22.7 Å². The van der Waals surface area contributed by atoms with Crippen LogP contribution in [0.15, 0.2) is 75.5 Å². The van der Waals surface area contributed by atoms with Crippen LogP contribution in [0.25, 0.3) is 0 Å². The average molecular weight is 483 g/mol. The van der Waals surface area contributed by atoms with E-state index >= 15 is 0 Å². The highest BCUT2D eigenvalue weighted by atomic mass is 19.4. The Balaban J connectivity index is 1.75. The molecule has 3 heterocycles. The molecule has 0 saturated heterocycles. The van der Waals surface area contributed by atoms with Gasteiger partial charge in [-0.3, -0.25) is 4.79 Å². The standard InChI is InChI=1S/C25H24F3N5O2/c1-4-24(14-7-5-8-15(11-14)35-22-29-9-6-10-30-22)18-16(12-23(2,3)13-17(18)34)31-21-19(24)20(32-33-21)25(26,27)28/h5-11,21,31H,4,12-13H2,1-3H3/t21?,24-/m1/s1. The molecule has 1 aliphatic carbocycles. The number of ether oxygens (including phenoxy) is 1. The number of Topliss-reactive ketones (excluding diaryl/α,β-unsaturated/α-hetero) is 1. The van der Waals surface area contributed by atoms with Gasteiger partial charge in [-0.25, -0.2) is 9.97 Å². The van der Waals surface area contributed by atoms with Crippen molar-refractivity contribution in [3.05, 3.63) is 70.8 Å². The van der Waals surface area contributed by atoms with E-state index in [0.29, 0.717) is 29.0 Å². The van der Waals surface area contributed by atoms with E-state index in [1.54, 1.807) is 37.3 Å². The molecule has 0 bridgehead atoms. The molecule has 0 fully saturated rings. The second-order valence-electron chi connectivity index (χ2n) is 9.74. The lowest BCUT2D eigenvalue weighted by molar-refractivity contribution is -0.119. The minimum atomic E-state index is -4.73. The quantitative estimate of drug-likeness (QED) is 0.596. The molecule has 0 saturated carbocycles. The van der Waals surface area contributed by atoms with E-state index in [1.807, 2.05) is 13.8 Å². The van der Waals surface area contributed by atoms with Crippen LogP contribution in [0.5, 0.6) is 11.8 Å². The number of benzene rings is 1. The molecule has 2 atom stereocenters. The van der Waals surface area contributed by atoms with Crippen molar-refractivity contribution in [2.24, 2.45) is 15.6 Å². The predicted octanol–water partition coefficient (Wildman–Crippen LogP) is 5.77. The molecule has 1 unspecified atom stereocenters. The van der Waals surface area contributed by atoms with Crippen LogP contribution in [0.1, 0.15) is 45.6 Å². The highest BCUT2D eigenvalue weighted by Crippen LogP contribution is 2.56. The van der Waals surface area contributed by atoms with Crippen LogP contribution in [0.3, 0.4) is 0 Å². The third kappa shape index (κ3) is 3.81. The third-order valence-electron chi connectivity index (χ3n) is 6.75. The van der Waals surface area contributed by atoms with Crippen molar-refractivity contribution in [2.75, 3.05) is 0 Å². The normalized spacial score (nSPS) is 25.3. The van der Waals surface area contributed by atoms with E-state index in [0.717, 1.165) is 0 Å². The van der Waals surface area contributed by atoms with Crippen molar-refractivity contribution in [1.29, 1.82) is 0 Å². The van der Waals surface area contributed by atoms with Gasteiger partial charge in [0.15, 0.2) is 17.6 Å². The summed E-state index contributed by atoms with van der Waals surface area (Å²) < 4.78 is 48.2. The van der Waals surface area contributed by atoms with E-state index in [2.05, 4.69) is 25.5 Å². The average Bonchev–Trinajstić information content (AvgIpc) is 3.22. The van der Waals surface area contributed by atoms with Gasteiger partial charge in [-0.1, -0.05) is 32.9 Å². The number of nitrogens with zero attached hydrogens (tertiary/aromatic N) is 4. The number of azo groups is 1. The van der Waals surface area contributed by atoms with Crippen molar-refractivity contribution in [2.45, 2.75) is 57.8 Å². The molecule has 5 rings (SSSR count). The van der Waals surface area contributed by atoms with Crippen molar-refractivity contribution in [3.63, 3.8) is 0 Å². The topological polar surface area (TPSA) is 88.8 Å². The number of hydrogen-bond acceptors (Lipinski definition) is 7. The predicted molar refractivity (Wildman–Crippen MR) is 120 cm³/mol. The number of fused-ring (bicyclic) bond motifs is 1. The molecule has 1 aromatic carbocycles. The summed E-state index contributed by atoms with van der Waals surface area (Å²) >= 11 is 0. The number of alkyl halides is 3. The number of nitrogens with one attached hydrogen (secondary N) is 1. The molecule has 0 radical (unpaired) electrons. The summed E-state index contributed by atoms with van der Waals surface area (Å²) in [4.78, 5) is 21.7. The fraction of sp³-hybridized carbons (Fsp3) is 0.400. The van der Waals surface area contributed by atoms with Crippen LogP contribution >= 0.6 is 0 Å². The monoisotopic (exact) mass is 483 g/mol. The van der Waals surface area contributed by atoms with Crippen molar-refractivity contribution in [3.8, 4) is 11.8 Å². The SMILES string of the molecule is CC[C@@]1(c2cccc(Oc3ncccn3)c2)C2=C(CC(C)(C)CC2=O)NC2N=NC(C(F)(F)F)=C21. The maximum Gasteiger partial charge on any atom is 0.435 e. The first-order valence-corrected chi connectivity index (χ1v) is 11.4. The molecule has 1 aromatic heterocycles. The minimum absolute atomic E-state index is 0.0487. The molecule has 0 amide bonds. The molecule has 10 heteroatoms. The van der Waals surface area contributed by atoms with Crippen LogP contribution in [-0.4, -0.2) is 28.1 Å². The zero-order valence-corrected chi connectivity index (χ0v) is 19.5. The Morgan fingerprint density at radius 2 is 1.89 bits per heavy atom. The van der Waals surface area contributed by atoms with Crippen molar-refractivity contribution >= 4 is 5.78 Å². The number of aromatic nitrogens is 2. The smallest absolute Gasteiger partial charge is 0.424 e. The summed E-state index contributed by atoms with van der Waals surface area (Å²) in [6.07, 6.45) is -1.72. The molecule has 3 aliphatic rings. The summed E-state index contributed by atoms with van der Waals surface area (Å²) in [5, 5.41) is 10.6. The second kappa shape index (κ2) is 8.00. The molecule has 1 N–H and O–H groups in total. The van der Waals surface area contributed by atoms with Gasteiger partial charge in [0, 0.05) is 35.7 Å². The van der Waals surface area contributed by atoms with Crippen LogP contribution in [0.2, 0.25) is 0 Å². The Bertz CT molecular complexity index is 1280. The third-order valence-corrected chi connectivity index (χ3v) is 6.75. The summed E-state index contributed by atoms with van der Waals surface area (Å²) in [7, 11) is 0. The van der Waals surface area contributed by atoms with Gasteiger partial charge in [0.1, 0.15) is 5.75 Å². The lowest BCUT2D eigenvalue weighted by Gasteiger charge is -2.48. The number of carbonyl (C=O) groups is 1. The Kier molecular flexibility index (Phi) is 5.30. The molecule has 35 heavy (non-hydrogen) atoms. The molecular weight excluding hydrogens is 459 g/mol. The fourth-order valence-electron chi connectivity index (χ4n) is 5.48. The highest BCUT2D eigenvalue weighted by Gasteiger charge is 2.57. The van der Waals surface area contributed by atoms with Gasteiger partial charge >= 0.3 is 12.2 Å². The van der Waals surface area contributed by atoms with E-state index in [1.165, 1.54) is 12.4 Å². The Hall–Kier alpha value is -3.56. The molecule has 2 aliphatic heterocycles. The van der Waals surface area contributed by atoms with Crippen LogP contribution < -0.4 is 10.1 Å². The number of halogens is 3. The summed E-state index contributed by atoms with van der Waals surface area (Å²) in [6, 6.07) is 8.49. The second-order valence-corrected chi connectivity index (χ2v) is 9.74. The molecular formula is C25H24F3N5O2. The van der Waals surface area contributed by atoms with Crippen LogP contribution in [0.4, 0.5) is 13.2 Å².